The van der Waals surface area contributed by atoms with Crippen molar-refractivity contribution in [1.82, 2.24) is 19.7 Å². The summed E-state index contributed by atoms with van der Waals surface area (Å²) in [5, 5.41) is 10.4. The number of carbonyl (C=O) groups is 1. The Morgan fingerprint density at radius 1 is 1.30 bits per heavy atom. The number of hydrogen-bond donors (Lipinski definition) is 1. The average molecular weight is 289 g/mol. The molecule has 20 heavy (non-hydrogen) atoms. The van der Waals surface area contributed by atoms with Gasteiger partial charge in [0.05, 0.1) is 12.5 Å². The molecule has 1 amide bonds. The molecule has 1 aromatic carbocycles. The highest BCUT2D eigenvalue weighted by molar-refractivity contribution is 7.13. The number of rotatable bonds is 3. The SMILES string of the molecule is O=C(Nc1nncs1)c1cncn1-c1ccc(F)cc1. The summed E-state index contributed by atoms with van der Waals surface area (Å²) in [6.07, 6.45) is 2.92. The molecule has 6 nitrogen and oxygen atoms in total. The molecule has 100 valence electrons. The smallest absolute Gasteiger partial charge is 0.276 e. The Hall–Kier alpha value is -2.61. The zero-order valence-electron chi connectivity index (χ0n) is 10.0. The Morgan fingerprint density at radius 2 is 2.10 bits per heavy atom. The molecule has 8 heteroatoms. The molecule has 1 N–H and O–H groups in total. The number of benzene rings is 1. The standard InChI is InChI=1S/C12H8FN5OS/c13-8-1-3-9(4-2-8)18-6-14-5-10(18)11(19)16-12-17-15-7-20-12/h1-7H,(H,16,17,19). The summed E-state index contributed by atoms with van der Waals surface area (Å²) in [4.78, 5) is 16.1. The third-order valence-corrected chi connectivity index (χ3v) is 3.16. The average Bonchev–Trinajstić information content (AvgIpc) is 3.10. The van der Waals surface area contributed by atoms with E-state index in [4.69, 9.17) is 0 Å². The highest BCUT2D eigenvalue weighted by Crippen LogP contribution is 2.15. The first-order chi connectivity index (χ1) is 9.74. The van der Waals surface area contributed by atoms with Crippen LogP contribution in [0.2, 0.25) is 0 Å². The van der Waals surface area contributed by atoms with E-state index in [1.54, 1.807) is 16.7 Å². The topological polar surface area (TPSA) is 72.7 Å². The number of hydrogen-bond acceptors (Lipinski definition) is 5. The maximum atomic E-state index is 12.9. The Morgan fingerprint density at radius 3 is 2.80 bits per heavy atom. The van der Waals surface area contributed by atoms with Crippen molar-refractivity contribution in [2.24, 2.45) is 0 Å². The van der Waals surface area contributed by atoms with E-state index < -0.39 is 0 Å². The molecule has 0 bridgehead atoms. The van der Waals surface area contributed by atoms with E-state index in [-0.39, 0.29) is 11.7 Å². The van der Waals surface area contributed by atoms with E-state index in [0.717, 1.165) is 0 Å². The van der Waals surface area contributed by atoms with Crippen LogP contribution in [0.4, 0.5) is 9.52 Å². The van der Waals surface area contributed by atoms with Gasteiger partial charge < -0.3 is 0 Å². The summed E-state index contributed by atoms with van der Waals surface area (Å²) in [6.45, 7) is 0. The van der Waals surface area contributed by atoms with Crippen LogP contribution >= 0.6 is 11.3 Å². The van der Waals surface area contributed by atoms with E-state index in [9.17, 15) is 9.18 Å². The van der Waals surface area contributed by atoms with E-state index in [0.29, 0.717) is 16.5 Å². The van der Waals surface area contributed by atoms with Gasteiger partial charge in [-0.15, -0.1) is 10.2 Å². The molecule has 3 aromatic rings. The number of imidazole rings is 1. The van der Waals surface area contributed by atoms with E-state index >= 15 is 0 Å². The maximum Gasteiger partial charge on any atom is 0.276 e. The Balaban J connectivity index is 1.90. The lowest BCUT2D eigenvalue weighted by Crippen LogP contribution is -2.16. The van der Waals surface area contributed by atoms with Crippen molar-refractivity contribution in [3.8, 4) is 5.69 Å². The fourth-order valence-corrected chi connectivity index (χ4v) is 2.10. The van der Waals surface area contributed by atoms with Crippen LogP contribution in [0.3, 0.4) is 0 Å². The quantitative estimate of drug-likeness (QED) is 0.801. The lowest BCUT2D eigenvalue weighted by atomic mass is 10.3. The number of aromatic nitrogens is 4. The summed E-state index contributed by atoms with van der Waals surface area (Å²) >= 11 is 1.22. The van der Waals surface area contributed by atoms with Crippen molar-refractivity contribution in [3.05, 3.63) is 53.8 Å². The molecule has 3 rings (SSSR count). The molecule has 2 aromatic heterocycles. The number of halogens is 1. The molecule has 0 aliphatic carbocycles. The normalized spacial score (nSPS) is 10.4. The van der Waals surface area contributed by atoms with Gasteiger partial charge in [-0.3, -0.25) is 14.7 Å². The van der Waals surface area contributed by atoms with E-state index in [1.165, 1.54) is 41.5 Å². The van der Waals surface area contributed by atoms with Crippen LogP contribution in [0.15, 0.2) is 42.3 Å². The van der Waals surface area contributed by atoms with Crippen LogP contribution in [-0.2, 0) is 0 Å². The summed E-state index contributed by atoms with van der Waals surface area (Å²) in [5.74, 6) is -0.697. The number of amides is 1. The second kappa shape index (κ2) is 5.17. The predicted molar refractivity (Wildman–Crippen MR) is 71.4 cm³/mol. The highest BCUT2D eigenvalue weighted by atomic mass is 32.1. The zero-order valence-corrected chi connectivity index (χ0v) is 10.8. The lowest BCUT2D eigenvalue weighted by molar-refractivity contribution is 0.102. The third kappa shape index (κ3) is 2.41. The lowest BCUT2D eigenvalue weighted by Gasteiger charge is -2.07. The maximum absolute atomic E-state index is 12.9. The number of anilines is 1. The molecule has 0 fully saturated rings. The number of carbonyl (C=O) groups excluding carboxylic acids is 1. The molecule has 0 aliphatic rings. The van der Waals surface area contributed by atoms with Crippen LogP contribution < -0.4 is 5.32 Å². The Bertz CT molecular complexity index is 723. The number of nitrogens with zero attached hydrogens (tertiary/aromatic N) is 4. The van der Waals surface area contributed by atoms with Gasteiger partial charge in [-0.25, -0.2) is 9.37 Å². The molecule has 0 saturated carbocycles. The van der Waals surface area contributed by atoms with Gasteiger partial charge in [-0.1, -0.05) is 11.3 Å². The van der Waals surface area contributed by atoms with Gasteiger partial charge in [0.1, 0.15) is 17.0 Å². The summed E-state index contributed by atoms with van der Waals surface area (Å²) in [6, 6.07) is 5.78. The molecule has 2 heterocycles. The van der Waals surface area contributed by atoms with Gasteiger partial charge in [0.25, 0.3) is 5.91 Å². The predicted octanol–water partition coefficient (Wildman–Crippen LogP) is 2.12. The van der Waals surface area contributed by atoms with Crippen molar-refractivity contribution in [3.63, 3.8) is 0 Å². The van der Waals surface area contributed by atoms with Gasteiger partial charge in [0, 0.05) is 5.69 Å². The molecule has 0 atom stereocenters. The fourth-order valence-electron chi connectivity index (χ4n) is 1.66. The molecule has 0 unspecified atom stereocenters. The van der Waals surface area contributed by atoms with Crippen LogP contribution in [0.1, 0.15) is 10.5 Å². The summed E-state index contributed by atoms with van der Waals surface area (Å²) in [7, 11) is 0. The molecule has 0 saturated heterocycles. The Labute approximate surface area is 116 Å². The minimum Gasteiger partial charge on any atom is -0.295 e. The third-order valence-electron chi connectivity index (χ3n) is 2.56. The molecule has 0 radical (unpaired) electrons. The van der Waals surface area contributed by atoms with Gasteiger partial charge in [-0.05, 0) is 24.3 Å². The van der Waals surface area contributed by atoms with Crippen molar-refractivity contribution in [2.75, 3.05) is 5.32 Å². The van der Waals surface area contributed by atoms with Crippen LogP contribution in [0, 0.1) is 5.82 Å². The monoisotopic (exact) mass is 289 g/mol. The molecule has 0 aliphatic heterocycles. The zero-order chi connectivity index (χ0) is 13.9. The second-order valence-corrected chi connectivity index (χ2v) is 4.66. The minimum atomic E-state index is -0.358. The Kier molecular flexibility index (Phi) is 3.21. The van der Waals surface area contributed by atoms with Crippen LogP contribution in [-0.4, -0.2) is 25.7 Å². The highest BCUT2D eigenvalue weighted by Gasteiger charge is 2.14. The van der Waals surface area contributed by atoms with Crippen molar-refractivity contribution in [1.29, 1.82) is 0 Å². The van der Waals surface area contributed by atoms with Crippen molar-refractivity contribution < 1.29 is 9.18 Å². The van der Waals surface area contributed by atoms with Gasteiger partial charge >= 0.3 is 0 Å². The minimum absolute atomic E-state index is 0.326. The summed E-state index contributed by atoms with van der Waals surface area (Å²) in [5.41, 5.74) is 2.49. The first-order valence-electron chi connectivity index (χ1n) is 5.60. The summed E-state index contributed by atoms with van der Waals surface area (Å²) < 4.78 is 14.5. The number of nitrogens with one attached hydrogen (secondary N) is 1. The second-order valence-electron chi connectivity index (χ2n) is 3.82. The van der Waals surface area contributed by atoms with Gasteiger partial charge in [0.2, 0.25) is 5.13 Å². The van der Waals surface area contributed by atoms with E-state index in [2.05, 4.69) is 20.5 Å². The first kappa shape index (κ1) is 12.4. The van der Waals surface area contributed by atoms with Gasteiger partial charge in [-0.2, -0.15) is 0 Å². The van der Waals surface area contributed by atoms with E-state index in [1.807, 2.05) is 0 Å². The van der Waals surface area contributed by atoms with Crippen molar-refractivity contribution in [2.45, 2.75) is 0 Å². The fraction of sp³-hybridized carbons (Fsp3) is 0. The molecular weight excluding hydrogens is 281 g/mol. The molecule has 0 spiro atoms. The van der Waals surface area contributed by atoms with Crippen LogP contribution in [0.5, 0.6) is 0 Å². The van der Waals surface area contributed by atoms with Crippen LogP contribution in [0.25, 0.3) is 5.69 Å². The largest absolute Gasteiger partial charge is 0.295 e. The molecular formula is C12H8FN5OS. The van der Waals surface area contributed by atoms with Gasteiger partial charge in [0.15, 0.2) is 0 Å². The first-order valence-corrected chi connectivity index (χ1v) is 6.48. The van der Waals surface area contributed by atoms with Crippen molar-refractivity contribution >= 4 is 22.4 Å².